The third-order valence-corrected chi connectivity index (χ3v) is 5.30. The van der Waals surface area contributed by atoms with Gasteiger partial charge in [-0.3, -0.25) is 4.79 Å². The average Bonchev–Trinajstić information content (AvgIpc) is 3.17. The molecule has 1 heterocycles. The third-order valence-electron chi connectivity index (χ3n) is 5.30. The van der Waals surface area contributed by atoms with Crippen LogP contribution >= 0.6 is 0 Å². The predicted octanol–water partition coefficient (Wildman–Crippen LogP) is 3.62. The van der Waals surface area contributed by atoms with E-state index in [-0.39, 0.29) is 11.9 Å². The highest BCUT2D eigenvalue weighted by Crippen LogP contribution is 2.23. The van der Waals surface area contributed by atoms with E-state index in [4.69, 9.17) is 0 Å². The van der Waals surface area contributed by atoms with Crippen LogP contribution in [-0.2, 0) is 4.79 Å². The first-order chi connectivity index (χ1) is 13.1. The lowest BCUT2D eigenvalue weighted by Gasteiger charge is -2.23. The standard InChI is InChI=1S/C23H31N3O/c1-18(2)23(20-9-5-3-6-10-20)25-16-22(27)24-15-19-13-14-26(17-19)21-11-7-4-8-12-21/h3-12,18-19,23,25H,13-17H2,1-2H3,(H,24,27). The predicted molar refractivity (Wildman–Crippen MR) is 112 cm³/mol. The van der Waals surface area contributed by atoms with Gasteiger partial charge in [0.2, 0.25) is 5.91 Å². The lowest BCUT2D eigenvalue weighted by atomic mass is 9.96. The molecule has 4 heteroatoms. The number of carbonyl (C=O) groups is 1. The molecule has 0 spiro atoms. The second kappa shape index (κ2) is 9.56. The van der Waals surface area contributed by atoms with Crippen molar-refractivity contribution in [2.24, 2.45) is 11.8 Å². The molecular weight excluding hydrogens is 334 g/mol. The average molecular weight is 366 g/mol. The summed E-state index contributed by atoms with van der Waals surface area (Å²) in [6, 6.07) is 21.0. The summed E-state index contributed by atoms with van der Waals surface area (Å²) in [5.41, 5.74) is 2.50. The van der Waals surface area contributed by atoms with Gasteiger partial charge in [0.25, 0.3) is 0 Å². The van der Waals surface area contributed by atoms with Crippen molar-refractivity contribution in [1.29, 1.82) is 0 Å². The van der Waals surface area contributed by atoms with Gasteiger partial charge in [-0.2, -0.15) is 0 Å². The number of para-hydroxylation sites is 1. The van der Waals surface area contributed by atoms with Crippen molar-refractivity contribution in [3.8, 4) is 0 Å². The van der Waals surface area contributed by atoms with Gasteiger partial charge >= 0.3 is 0 Å². The van der Waals surface area contributed by atoms with Crippen LogP contribution in [0.25, 0.3) is 0 Å². The fourth-order valence-electron chi connectivity index (χ4n) is 3.79. The first-order valence-corrected chi connectivity index (χ1v) is 9.98. The molecule has 2 aromatic carbocycles. The van der Waals surface area contributed by atoms with Crippen molar-refractivity contribution in [2.75, 3.05) is 31.1 Å². The molecule has 2 N–H and O–H groups in total. The fraction of sp³-hybridized carbons (Fsp3) is 0.435. The molecule has 0 aliphatic carbocycles. The zero-order chi connectivity index (χ0) is 19.1. The Kier molecular flexibility index (Phi) is 6.88. The van der Waals surface area contributed by atoms with Crippen LogP contribution in [0.3, 0.4) is 0 Å². The maximum Gasteiger partial charge on any atom is 0.233 e. The molecule has 0 radical (unpaired) electrons. The van der Waals surface area contributed by atoms with Gasteiger partial charge in [-0.05, 0) is 36.0 Å². The molecule has 2 aromatic rings. The first kappa shape index (κ1) is 19.4. The maximum absolute atomic E-state index is 12.3. The van der Waals surface area contributed by atoms with Gasteiger partial charge < -0.3 is 15.5 Å². The van der Waals surface area contributed by atoms with Gasteiger partial charge in [0.05, 0.1) is 6.54 Å². The van der Waals surface area contributed by atoms with Crippen LogP contribution in [0.1, 0.15) is 31.9 Å². The van der Waals surface area contributed by atoms with Gasteiger partial charge in [-0.25, -0.2) is 0 Å². The van der Waals surface area contributed by atoms with Crippen molar-refractivity contribution in [2.45, 2.75) is 26.3 Å². The van der Waals surface area contributed by atoms with Gasteiger partial charge in [-0.1, -0.05) is 62.4 Å². The van der Waals surface area contributed by atoms with Crippen LogP contribution in [0, 0.1) is 11.8 Å². The molecule has 2 atom stereocenters. The van der Waals surface area contributed by atoms with E-state index in [1.807, 2.05) is 24.3 Å². The molecule has 144 valence electrons. The molecule has 1 fully saturated rings. The molecule has 27 heavy (non-hydrogen) atoms. The monoisotopic (exact) mass is 365 g/mol. The van der Waals surface area contributed by atoms with E-state index >= 15 is 0 Å². The Morgan fingerprint density at radius 3 is 2.41 bits per heavy atom. The second-order valence-corrected chi connectivity index (χ2v) is 7.75. The molecule has 4 nitrogen and oxygen atoms in total. The minimum absolute atomic E-state index is 0.0785. The van der Waals surface area contributed by atoms with E-state index in [1.165, 1.54) is 11.3 Å². The Bertz CT molecular complexity index is 702. The number of hydrogen-bond donors (Lipinski definition) is 2. The summed E-state index contributed by atoms with van der Waals surface area (Å²) < 4.78 is 0. The Balaban J connectivity index is 1.42. The van der Waals surface area contributed by atoms with Crippen molar-refractivity contribution >= 4 is 11.6 Å². The quantitative estimate of drug-likeness (QED) is 0.751. The number of amides is 1. The molecule has 1 aliphatic heterocycles. The van der Waals surface area contributed by atoms with E-state index in [2.05, 4.69) is 65.8 Å². The van der Waals surface area contributed by atoms with Gasteiger partial charge in [-0.15, -0.1) is 0 Å². The summed E-state index contributed by atoms with van der Waals surface area (Å²) in [4.78, 5) is 14.7. The number of benzene rings is 2. The highest BCUT2D eigenvalue weighted by molar-refractivity contribution is 5.78. The van der Waals surface area contributed by atoms with E-state index in [0.717, 1.165) is 26.1 Å². The summed E-state index contributed by atoms with van der Waals surface area (Å²) in [5.74, 6) is 1.02. The molecule has 1 aliphatic rings. The highest BCUT2D eigenvalue weighted by atomic mass is 16.1. The van der Waals surface area contributed by atoms with Crippen LogP contribution in [0.2, 0.25) is 0 Å². The molecule has 0 saturated carbocycles. The maximum atomic E-state index is 12.3. The molecule has 0 bridgehead atoms. The molecular formula is C23H31N3O. The fourth-order valence-corrected chi connectivity index (χ4v) is 3.79. The normalized spacial score (nSPS) is 17.9. The van der Waals surface area contributed by atoms with Crippen molar-refractivity contribution < 1.29 is 4.79 Å². The molecule has 1 saturated heterocycles. The Morgan fingerprint density at radius 1 is 1.07 bits per heavy atom. The zero-order valence-electron chi connectivity index (χ0n) is 16.4. The molecule has 3 rings (SSSR count). The topological polar surface area (TPSA) is 44.4 Å². The highest BCUT2D eigenvalue weighted by Gasteiger charge is 2.23. The molecule has 1 amide bonds. The van der Waals surface area contributed by atoms with Gasteiger partial charge in [0.1, 0.15) is 0 Å². The summed E-state index contributed by atoms with van der Waals surface area (Å²) in [5, 5.41) is 6.54. The van der Waals surface area contributed by atoms with Crippen LogP contribution in [0.5, 0.6) is 0 Å². The van der Waals surface area contributed by atoms with Gasteiger partial charge in [0, 0.05) is 31.4 Å². The van der Waals surface area contributed by atoms with Crippen molar-refractivity contribution in [3.05, 3.63) is 66.2 Å². The largest absolute Gasteiger partial charge is 0.371 e. The van der Waals surface area contributed by atoms with E-state index < -0.39 is 0 Å². The van der Waals surface area contributed by atoms with Crippen LogP contribution < -0.4 is 15.5 Å². The number of carbonyl (C=O) groups excluding carboxylic acids is 1. The van der Waals surface area contributed by atoms with E-state index in [9.17, 15) is 4.79 Å². The van der Waals surface area contributed by atoms with Gasteiger partial charge in [0.15, 0.2) is 0 Å². The Hall–Kier alpha value is -2.33. The summed E-state index contributed by atoms with van der Waals surface area (Å²) >= 11 is 0. The SMILES string of the molecule is CC(C)C(NCC(=O)NCC1CCN(c2ccccc2)C1)c1ccccc1. The lowest BCUT2D eigenvalue weighted by molar-refractivity contribution is -0.120. The smallest absolute Gasteiger partial charge is 0.233 e. The van der Waals surface area contributed by atoms with Crippen molar-refractivity contribution in [1.82, 2.24) is 10.6 Å². The minimum atomic E-state index is 0.0785. The Morgan fingerprint density at radius 2 is 1.74 bits per heavy atom. The van der Waals surface area contributed by atoms with E-state index in [0.29, 0.717) is 18.4 Å². The number of nitrogens with one attached hydrogen (secondary N) is 2. The summed E-state index contributed by atoms with van der Waals surface area (Å²) in [7, 11) is 0. The number of nitrogens with zero attached hydrogens (tertiary/aromatic N) is 1. The Labute approximate surface area is 163 Å². The molecule has 2 unspecified atom stereocenters. The van der Waals surface area contributed by atoms with Crippen LogP contribution in [-0.4, -0.2) is 32.1 Å². The van der Waals surface area contributed by atoms with E-state index in [1.54, 1.807) is 0 Å². The third kappa shape index (κ3) is 5.57. The number of anilines is 1. The number of hydrogen-bond acceptors (Lipinski definition) is 3. The van der Waals surface area contributed by atoms with Crippen molar-refractivity contribution in [3.63, 3.8) is 0 Å². The molecule has 0 aromatic heterocycles. The second-order valence-electron chi connectivity index (χ2n) is 7.75. The summed E-state index contributed by atoms with van der Waals surface area (Å²) in [6.07, 6.45) is 1.13. The van der Waals surface area contributed by atoms with Crippen LogP contribution in [0.4, 0.5) is 5.69 Å². The lowest BCUT2D eigenvalue weighted by Crippen LogP contribution is -2.39. The van der Waals surface area contributed by atoms with Crippen LogP contribution in [0.15, 0.2) is 60.7 Å². The summed E-state index contributed by atoms with van der Waals surface area (Å²) in [6.45, 7) is 7.54. The first-order valence-electron chi connectivity index (χ1n) is 9.98. The zero-order valence-corrected chi connectivity index (χ0v) is 16.4. The number of rotatable bonds is 8. The minimum Gasteiger partial charge on any atom is -0.371 e.